The van der Waals surface area contributed by atoms with E-state index in [-0.39, 0.29) is 5.82 Å². The molecule has 1 aliphatic rings. The molecule has 0 aliphatic heterocycles. The predicted molar refractivity (Wildman–Crippen MR) is 69.2 cm³/mol. The average Bonchev–Trinajstić information content (AvgIpc) is 2.33. The van der Waals surface area contributed by atoms with E-state index in [4.69, 9.17) is 0 Å². The van der Waals surface area contributed by atoms with Crippen LogP contribution in [0.25, 0.3) is 0 Å². The van der Waals surface area contributed by atoms with Gasteiger partial charge in [0, 0.05) is 12.6 Å². The van der Waals surface area contributed by atoms with Crippen molar-refractivity contribution in [2.24, 2.45) is 11.8 Å². The van der Waals surface area contributed by atoms with Crippen molar-refractivity contribution in [1.29, 1.82) is 0 Å². The molecule has 1 fully saturated rings. The average molecular weight is 235 g/mol. The third-order valence-electron chi connectivity index (χ3n) is 4.19. The first-order valence-electron chi connectivity index (χ1n) is 6.64. The van der Waals surface area contributed by atoms with Gasteiger partial charge in [0.25, 0.3) is 0 Å². The molecule has 94 valence electrons. The number of nitrogens with one attached hydrogen (secondary N) is 1. The van der Waals surface area contributed by atoms with Crippen LogP contribution in [0.2, 0.25) is 0 Å². The maximum Gasteiger partial charge on any atom is 0.123 e. The highest BCUT2D eigenvalue weighted by Crippen LogP contribution is 2.29. The fourth-order valence-corrected chi connectivity index (χ4v) is 2.72. The molecule has 0 radical (unpaired) electrons. The van der Waals surface area contributed by atoms with Gasteiger partial charge in [0.2, 0.25) is 0 Å². The fraction of sp³-hybridized carbons (Fsp3) is 0.600. The van der Waals surface area contributed by atoms with Crippen molar-refractivity contribution < 1.29 is 4.39 Å². The monoisotopic (exact) mass is 235 g/mol. The Balaban J connectivity index is 1.87. The summed E-state index contributed by atoms with van der Waals surface area (Å²) in [6, 6.07) is 7.40. The van der Waals surface area contributed by atoms with Crippen LogP contribution in [0.15, 0.2) is 24.3 Å². The predicted octanol–water partition coefficient (Wildman–Crippen LogP) is 3.74. The second-order valence-electron chi connectivity index (χ2n) is 5.38. The minimum absolute atomic E-state index is 0.159. The van der Waals surface area contributed by atoms with Crippen LogP contribution in [-0.2, 0) is 6.54 Å². The lowest BCUT2D eigenvalue weighted by molar-refractivity contribution is 0.206. The van der Waals surface area contributed by atoms with E-state index in [0.29, 0.717) is 6.04 Å². The molecule has 0 unspecified atom stereocenters. The van der Waals surface area contributed by atoms with Crippen LogP contribution in [-0.4, -0.2) is 6.04 Å². The van der Waals surface area contributed by atoms with Gasteiger partial charge in [-0.1, -0.05) is 38.8 Å². The minimum Gasteiger partial charge on any atom is -0.310 e. The molecule has 17 heavy (non-hydrogen) atoms. The normalized spacial score (nSPS) is 29.2. The molecule has 2 rings (SSSR count). The molecule has 0 saturated heterocycles. The lowest BCUT2D eigenvalue weighted by atomic mass is 9.78. The Bertz CT molecular complexity index is 346. The number of hydrogen-bond donors (Lipinski definition) is 1. The lowest BCUT2D eigenvalue weighted by Crippen LogP contribution is -2.40. The van der Waals surface area contributed by atoms with Gasteiger partial charge >= 0.3 is 0 Å². The van der Waals surface area contributed by atoms with Gasteiger partial charge in [-0.25, -0.2) is 4.39 Å². The van der Waals surface area contributed by atoms with Gasteiger partial charge in [-0.05, 0) is 36.0 Å². The number of halogens is 1. The fourth-order valence-electron chi connectivity index (χ4n) is 2.72. The summed E-state index contributed by atoms with van der Waals surface area (Å²) in [6.07, 6.45) is 3.95. The van der Waals surface area contributed by atoms with E-state index in [2.05, 4.69) is 19.2 Å². The summed E-state index contributed by atoms with van der Waals surface area (Å²) in [5, 5.41) is 3.62. The van der Waals surface area contributed by atoms with Crippen molar-refractivity contribution in [3.8, 4) is 0 Å². The first kappa shape index (κ1) is 12.6. The van der Waals surface area contributed by atoms with Crippen LogP contribution in [0, 0.1) is 17.7 Å². The molecule has 1 aliphatic carbocycles. The minimum atomic E-state index is -0.159. The van der Waals surface area contributed by atoms with Gasteiger partial charge < -0.3 is 5.32 Å². The molecule has 1 saturated carbocycles. The topological polar surface area (TPSA) is 12.0 Å². The molecular formula is C15H22FN. The van der Waals surface area contributed by atoms with Crippen molar-refractivity contribution in [3.05, 3.63) is 35.6 Å². The summed E-state index contributed by atoms with van der Waals surface area (Å²) in [7, 11) is 0. The molecule has 1 aromatic rings. The third kappa shape index (κ3) is 3.29. The van der Waals surface area contributed by atoms with Crippen LogP contribution in [0.3, 0.4) is 0 Å². The van der Waals surface area contributed by atoms with E-state index in [1.165, 1.54) is 31.4 Å². The number of benzene rings is 1. The molecule has 0 amide bonds. The summed E-state index contributed by atoms with van der Waals surface area (Å²) in [5.41, 5.74) is 1.16. The van der Waals surface area contributed by atoms with Gasteiger partial charge in [-0.3, -0.25) is 0 Å². The summed E-state index contributed by atoms with van der Waals surface area (Å²) in [5.74, 6) is 1.40. The molecule has 1 nitrogen and oxygen atoms in total. The first-order chi connectivity index (χ1) is 8.16. The van der Waals surface area contributed by atoms with Gasteiger partial charge in [0.15, 0.2) is 0 Å². The molecule has 1 N–H and O–H groups in total. The van der Waals surface area contributed by atoms with Crippen molar-refractivity contribution >= 4 is 0 Å². The van der Waals surface area contributed by atoms with E-state index in [0.717, 1.165) is 23.9 Å². The van der Waals surface area contributed by atoms with Crippen LogP contribution >= 0.6 is 0 Å². The summed E-state index contributed by atoms with van der Waals surface area (Å²) in [6.45, 7) is 5.53. The lowest BCUT2D eigenvalue weighted by Gasteiger charge is -2.34. The highest BCUT2D eigenvalue weighted by Gasteiger charge is 2.26. The Kier molecular flexibility index (Phi) is 4.16. The molecule has 3 atom stereocenters. The van der Waals surface area contributed by atoms with Crippen LogP contribution in [0.4, 0.5) is 4.39 Å². The first-order valence-corrected chi connectivity index (χ1v) is 6.64. The van der Waals surface area contributed by atoms with Crippen molar-refractivity contribution in [1.82, 2.24) is 5.32 Å². The zero-order valence-corrected chi connectivity index (χ0v) is 10.7. The van der Waals surface area contributed by atoms with Crippen LogP contribution in [0.5, 0.6) is 0 Å². The van der Waals surface area contributed by atoms with Crippen molar-refractivity contribution in [2.45, 2.75) is 45.7 Å². The Morgan fingerprint density at radius 3 is 2.59 bits per heavy atom. The number of hydrogen-bond acceptors (Lipinski definition) is 1. The molecule has 1 aromatic carbocycles. The van der Waals surface area contributed by atoms with Crippen molar-refractivity contribution in [2.75, 3.05) is 0 Å². The van der Waals surface area contributed by atoms with Gasteiger partial charge in [0.05, 0.1) is 0 Å². The zero-order chi connectivity index (χ0) is 12.3. The summed E-state index contributed by atoms with van der Waals surface area (Å²) < 4.78 is 12.8. The Morgan fingerprint density at radius 2 is 1.88 bits per heavy atom. The highest BCUT2D eigenvalue weighted by molar-refractivity contribution is 5.15. The third-order valence-corrected chi connectivity index (χ3v) is 4.19. The van der Waals surface area contributed by atoms with E-state index < -0.39 is 0 Å². The standard InChI is InChI=1S/C15H22FN/c1-11-4-3-5-15(12(11)2)17-10-13-6-8-14(16)9-7-13/h6-9,11-12,15,17H,3-5,10H2,1-2H3/t11-,12-,15+/m1/s1. The van der Waals surface area contributed by atoms with Crippen LogP contribution < -0.4 is 5.32 Å². The maximum atomic E-state index is 12.8. The second-order valence-corrected chi connectivity index (χ2v) is 5.38. The SMILES string of the molecule is C[C@@H]1[C@H](C)CCC[C@@H]1NCc1ccc(F)cc1. The molecule has 0 aromatic heterocycles. The number of rotatable bonds is 3. The highest BCUT2D eigenvalue weighted by atomic mass is 19.1. The van der Waals surface area contributed by atoms with Gasteiger partial charge in [-0.15, -0.1) is 0 Å². The van der Waals surface area contributed by atoms with E-state index in [9.17, 15) is 4.39 Å². The molecule has 0 bridgehead atoms. The van der Waals surface area contributed by atoms with E-state index >= 15 is 0 Å². The Hall–Kier alpha value is -0.890. The second kappa shape index (κ2) is 5.63. The molecular weight excluding hydrogens is 213 g/mol. The van der Waals surface area contributed by atoms with Gasteiger partial charge in [-0.2, -0.15) is 0 Å². The largest absolute Gasteiger partial charge is 0.310 e. The van der Waals surface area contributed by atoms with Crippen molar-refractivity contribution in [3.63, 3.8) is 0 Å². The molecule has 2 heteroatoms. The molecule has 0 spiro atoms. The molecule has 0 heterocycles. The van der Waals surface area contributed by atoms with E-state index in [1.54, 1.807) is 0 Å². The van der Waals surface area contributed by atoms with E-state index in [1.807, 2.05) is 12.1 Å². The zero-order valence-electron chi connectivity index (χ0n) is 10.7. The smallest absolute Gasteiger partial charge is 0.123 e. The van der Waals surface area contributed by atoms with Crippen LogP contribution in [0.1, 0.15) is 38.7 Å². The maximum absolute atomic E-state index is 12.8. The Morgan fingerprint density at radius 1 is 1.18 bits per heavy atom. The summed E-state index contributed by atoms with van der Waals surface area (Å²) >= 11 is 0. The quantitative estimate of drug-likeness (QED) is 0.841. The summed E-state index contributed by atoms with van der Waals surface area (Å²) in [4.78, 5) is 0. The van der Waals surface area contributed by atoms with Gasteiger partial charge in [0.1, 0.15) is 5.82 Å². The Labute approximate surface area is 103 Å².